The third-order valence-electron chi connectivity index (χ3n) is 4.14. The number of halogens is 2. The van der Waals surface area contributed by atoms with Crippen LogP contribution in [0.2, 0.25) is 0 Å². The molecule has 152 valence electrons. The monoisotopic (exact) mass is 400 g/mol. The molecule has 6 nitrogen and oxygen atoms in total. The number of hydrogen-bond acceptors (Lipinski definition) is 4. The van der Waals surface area contributed by atoms with Crippen LogP contribution in [0.25, 0.3) is 10.9 Å². The summed E-state index contributed by atoms with van der Waals surface area (Å²) in [7, 11) is 3.99. The number of ether oxygens (including phenoxy) is 1. The topological polar surface area (TPSA) is 66.5 Å². The summed E-state index contributed by atoms with van der Waals surface area (Å²) in [6.45, 7) is -1.78. The number of aromatic nitrogens is 1. The van der Waals surface area contributed by atoms with Gasteiger partial charge in [-0.2, -0.15) is 8.78 Å². The van der Waals surface area contributed by atoms with Gasteiger partial charge in [0.15, 0.2) is 5.75 Å². The van der Waals surface area contributed by atoms with E-state index in [0.717, 1.165) is 17.7 Å². The molecule has 0 aliphatic heterocycles. The second-order valence-corrected chi connectivity index (χ2v) is 6.75. The van der Waals surface area contributed by atoms with E-state index in [-0.39, 0.29) is 11.3 Å². The molecule has 0 unspecified atom stereocenters. The Morgan fingerprint density at radius 1 is 1.14 bits per heavy atom. The van der Waals surface area contributed by atoms with Crippen molar-refractivity contribution in [3.63, 3.8) is 0 Å². The number of rotatable bonds is 7. The first-order valence-electron chi connectivity index (χ1n) is 9.02. The van der Waals surface area contributed by atoms with Crippen LogP contribution in [0.3, 0.4) is 0 Å². The van der Waals surface area contributed by atoms with E-state index in [1.807, 2.05) is 38.4 Å². The molecule has 2 amide bonds. The Hall–Kier alpha value is -3.26. The number of anilines is 1. The fourth-order valence-electron chi connectivity index (χ4n) is 3.00. The van der Waals surface area contributed by atoms with Crippen LogP contribution in [0.4, 0.5) is 19.3 Å². The van der Waals surface area contributed by atoms with E-state index in [2.05, 4.69) is 25.3 Å². The Kier molecular flexibility index (Phi) is 6.56. The SMILES string of the molecule is CN(C)Cc1cccc(CNC(=O)Nc2ccc(OC(F)F)c3ncccc23)c1. The van der Waals surface area contributed by atoms with Gasteiger partial charge in [0, 0.05) is 24.7 Å². The van der Waals surface area contributed by atoms with Crippen LogP contribution >= 0.6 is 0 Å². The van der Waals surface area contributed by atoms with Crippen LogP contribution in [-0.4, -0.2) is 36.6 Å². The maximum absolute atomic E-state index is 12.6. The molecule has 0 bridgehead atoms. The lowest BCUT2D eigenvalue weighted by Gasteiger charge is -2.13. The van der Waals surface area contributed by atoms with Gasteiger partial charge in [-0.05, 0) is 49.5 Å². The van der Waals surface area contributed by atoms with Crippen LogP contribution in [-0.2, 0) is 13.1 Å². The van der Waals surface area contributed by atoms with Crippen molar-refractivity contribution in [1.29, 1.82) is 0 Å². The van der Waals surface area contributed by atoms with Gasteiger partial charge < -0.3 is 20.3 Å². The molecule has 2 N–H and O–H groups in total. The first-order valence-corrected chi connectivity index (χ1v) is 9.02. The minimum atomic E-state index is -2.95. The fraction of sp³-hybridized carbons (Fsp3) is 0.238. The number of amides is 2. The molecule has 0 aliphatic rings. The Balaban J connectivity index is 1.69. The summed E-state index contributed by atoms with van der Waals surface area (Å²) in [4.78, 5) is 18.5. The third-order valence-corrected chi connectivity index (χ3v) is 4.14. The average molecular weight is 400 g/mol. The second kappa shape index (κ2) is 9.29. The highest BCUT2D eigenvalue weighted by molar-refractivity contribution is 6.02. The fourth-order valence-corrected chi connectivity index (χ4v) is 3.00. The highest BCUT2D eigenvalue weighted by Gasteiger charge is 2.13. The minimum Gasteiger partial charge on any atom is -0.432 e. The number of benzene rings is 2. The van der Waals surface area contributed by atoms with Gasteiger partial charge in [0.1, 0.15) is 5.52 Å². The lowest BCUT2D eigenvalue weighted by molar-refractivity contribution is -0.0489. The first-order chi connectivity index (χ1) is 13.9. The van der Waals surface area contributed by atoms with Crippen molar-refractivity contribution in [1.82, 2.24) is 15.2 Å². The zero-order chi connectivity index (χ0) is 20.8. The largest absolute Gasteiger partial charge is 0.432 e. The standard InChI is InChI=1S/C21H22F2N4O2/c1-27(2)13-15-6-3-5-14(11-15)12-25-21(28)26-17-8-9-18(29-20(22)23)19-16(17)7-4-10-24-19/h3-11,20H,12-13H2,1-2H3,(H2,25,26,28). The third kappa shape index (κ3) is 5.61. The van der Waals surface area contributed by atoms with E-state index in [9.17, 15) is 13.6 Å². The molecule has 2 aromatic carbocycles. The average Bonchev–Trinajstić information content (AvgIpc) is 2.68. The first kappa shape index (κ1) is 20.5. The number of carbonyl (C=O) groups is 1. The highest BCUT2D eigenvalue weighted by Crippen LogP contribution is 2.30. The van der Waals surface area contributed by atoms with Gasteiger partial charge in [0.2, 0.25) is 0 Å². The predicted octanol–water partition coefficient (Wildman–Crippen LogP) is 4.22. The highest BCUT2D eigenvalue weighted by atomic mass is 19.3. The van der Waals surface area contributed by atoms with Gasteiger partial charge in [-0.3, -0.25) is 4.98 Å². The number of nitrogens with zero attached hydrogens (tertiary/aromatic N) is 2. The van der Waals surface area contributed by atoms with Crippen molar-refractivity contribution in [2.45, 2.75) is 19.7 Å². The van der Waals surface area contributed by atoms with Gasteiger partial charge in [0.25, 0.3) is 0 Å². The van der Waals surface area contributed by atoms with E-state index in [1.54, 1.807) is 12.1 Å². The zero-order valence-electron chi connectivity index (χ0n) is 16.2. The lowest BCUT2D eigenvalue weighted by Crippen LogP contribution is -2.28. The van der Waals surface area contributed by atoms with Gasteiger partial charge >= 0.3 is 12.6 Å². The molecule has 0 aliphatic carbocycles. The lowest BCUT2D eigenvalue weighted by atomic mass is 10.1. The normalized spacial score (nSPS) is 11.1. The summed E-state index contributed by atoms with van der Waals surface area (Å²) >= 11 is 0. The van der Waals surface area contributed by atoms with E-state index < -0.39 is 12.6 Å². The summed E-state index contributed by atoms with van der Waals surface area (Å²) in [5.74, 6) is -0.0423. The number of alkyl halides is 2. The quantitative estimate of drug-likeness (QED) is 0.623. The van der Waals surface area contributed by atoms with Crippen LogP contribution in [0, 0.1) is 0 Å². The summed E-state index contributed by atoms with van der Waals surface area (Å²) in [5.41, 5.74) is 2.84. The molecule has 1 heterocycles. The Morgan fingerprint density at radius 2 is 1.93 bits per heavy atom. The summed E-state index contributed by atoms with van der Waals surface area (Å²) < 4.78 is 29.7. The van der Waals surface area contributed by atoms with Gasteiger partial charge in [-0.1, -0.05) is 24.3 Å². The molecule has 0 radical (unpaired) electrons. The predicted molar refractivity (Wildman–Crippen MR) is 108 cm³/mol. The molecule has 3 rings (SSSR count). The number of nitrogens with one attached hydrogen (secondary N) is 2. The van der Waals surface area contributed by atoms with Crippen molar-refractivity contribution in [3.8, 4) is 5.75 Å². The molecule has 0 spiro atoms. The molecule has 29 heavy (non-hydrogen) atoms. The molecular weight excluding hydrogens is 378 g/mol. The van der Waals surface area contributed by atoms with Gasteiger partial charge in [-0.25, -0.2) is 4.79 Å². The minimum absolute atomic E-state index is 0.0423. The van der Waals surface area contributed by atoms with Crippen molar-refractivity contribution in [2.75, 3.05) is 19.4 Å². The Labute approximate surface area is 167 Å². The zero-order valence-corrected chi connectivity index (χ0v) is 16.2. The molecule has 3 aromatic rings. The molecule has 0 saturated heterocycles. The number of pyridine rings is 1. The summed E-state index contributed by atoms with van der Waals surface area (Å²) in [5, 5.41) is 6.05. The van der Waals surface area contributed by atoms with E-state index in [1.165, 1.54) is 18.3 Å². The van der Waals surface area contributed by atoms with Gasteiger partial charge in [0.05, 0.1) is 5.69 Å². The van der Waals surface area contributed by atoms with E-state index in [0.29, 0.717) is 17.6 Å². The molecular formula is C21H22F2N4O2. The molecule has 8 heteroatoms. The molecule has 0 atom stereocenters. The van der Waals surface area contributed by atoms with Gasteiger partial charge in [-0.15, -0.1) is 0 Å². The maximum Gasteiger partial charge on any atom is 0.387 e. The molecule has 1 aromatic heterocycles. The van der Waals surface area contributed by atoms with Crippen LogP contribution in [0.15, 0.2) is 54.7 Å². The summed E-state index contributed by atoms with van der Waals surface area (Å²) in [6.07, 6.45) is 1.48. The summed E-state index contributed by atoms with van der Waals surface area (Å²) in [6, 6.07) is 13.8. The van der Waals surface area contributed by atoms with Crippen LogP contribution < -0.4 is 15.4 Å². The van der Waals surface area contributed by atoms with Crippen LogP contribution in [0.5, 0.6) is 5.75 Å². The Bertz CT molecular complexity index is 995. The molecule has 0 saturated carbocycles. The van der Waals surface area contributed by atoms with Crippen molar-refractivity contribution < 1.29 is 18.3 Å². The van der Waals surface area contributed by atoms with Crippen molar-refractivity contribution in [3.05, 3.63) is 65.9 Å². The number of carbonyl (C=O) groups excluding carboxylic acids is 1. The number of urea groups is 1. The molecule has 0 fully saturated rings. The van der Waals surface area contributed by atoms with Crippen molar-refractivity contribution >= 4 is 22.6 Å². The number of hydrogen-bond donors (Lipinski definition) is 2. The maximum atomic E-state index is 12.6. The smallest absolute Gasteiger partial charge is 0.387 e. The Morgan fingerprint density at radius 3 is 2.69 bits per heavy atom. The van der Waals surface area contributed by atoms with E-state index >= 15 is 0 Å². The van der Waals surface area contributed by atoms with E-state index in [4.69, 9.17) is 0 Å². The second-order valence-electron chi connectivity index (χ2n) is 6.75. The number of fused-ring (bicyclic) bond motifs is 1. The van der Waals surface area contributed by atoms with Crippen LogP contribution in [0.1, 0.15) is 11.1 Å². The van der Waals surface area contributed by atoms with Crippen molar-refractivity contribution in [2.24, 2.45) is 0 Å².